The fourth-order valence-corrected chi connectivity index (χ4v) is 3.64. The Balaban J connectivity index is 1.46. The van der Waals surface area contributed by atoms with Crippen molar-refractivity contribution in [3.8, 4) is 11.5 Å². The van der Waals surface area contributed by atoms with Crippen LogP contribution in [0.4, 0.5) is 0 Å². The number of carbonyl (C=O) groups excluding carboxylic acids is 1. The van der Waals surface area contributed by atoms with Crippen molar-refractivity contribution in [1.29, 1.82) is 0 Å². The normalized spacial score (nSPS) is 10.8. The summed E-state index contributed by atoms with van der Waals surface area (Å²) in [6, 6.07) is 20.4. The number of hydrogen-bond acceptors (Lipinski definition) is 3. The maximum absolute atomic E-state index is 12.7. The number of amides is 1. The minimum absolute atomic E-state index is 0.173. The quantitative estimate of drug-likeness (QED) is 0.360. The van der Waals surface area contributed by atoms with Crippen molar-refractivity contribution in [2.45, 2.75) is 13.2 Å². The molecule has 1 amide bonds. The highest BCUT2D eigenvalue weighted by atomic mass is 35.5. The molecule has 158 valence electrons. The van der Waals surface area contributed by atoms with Crippen LogP contribution in [0.1, 0.15) is 21.6 Å². The van der Waals surface area contributed by atoms with Crippen LogP contribution in [0.2, 0.25) is 10.0 Å². The molecule has 0 aliphatic heterocycles. The zero-order chi connectivity index (χ0) is 21.8. The van der Waals surface area contributed by atoms with E-state index >= 15 is 0 Å². The first-order valence-corrected chi connectivity index (χ1v) is 10.4. The maximum Gasteiger partial charge on any atom is 0.251 e. The zero-order valence-electron chi connectivity index (χ0n) is 16.7. The van der Waals surface area contributed by atoms with Crippen LogP contribution in [0.15, 0.2) is 66.7 Å². The predicted octanol–water partition coefficient (Wildman–Crippen LogP) is 5.99. The van der Waals surface area contributed by atoms with Crippen molar-refractivity contribution in [2.24, 2.45) is 0 Å². The first kappa shape index (κ1) is 21.1. The van der Waals surface area contributed by atoms with Gasteiger partial charge in [0.15, 0.2) is 0 Å². The number of aromatic nitrogens is 1. The van der Waals surface area contributed by atoms with Crippen molar-refractivity contribution in [3.63, 3.8) is 0 Å². The highest BCUT2D eigenvalue weighted by Crippen LogP contribution is 2.32. The highest BCUT2D eigenvalue weighted by Gasteiger charge is 2.13. The average molecular weight is 455 g/mol. The molecule has 0 fully saturated rings. The Kier molecular flexibility index (Phi) is 6.35. The first-order chi connectivity index (χ1) is 15.0. The SMILES string of the molecule is COc1ccc(C(=O)NCc2cc3ccccc3[nH]2)cc1COc1cccc(Cl)c1Cl. The number of H-pyrrole nitrogens is 1. The molecule has 0 atom stereocenters. The molecule has 0 spiro atoms. The lowest BCUT2D eigenvalue weighted by atomic mass is 10.1. The summed E-state index contributed by atoms with van der Waals surface area (Å²) < 4.78 is 11.2. The number of hydrogen-bond donors (Lipinski definition) is 2. The Hall–Kier alpha value is -3.15. The molecule has 0 aliphatic carbocycles. The molecule has 0 saturated carbocycles. The van der Waals surface area contributed by atoms with E-state index in [1.807, 2.05) is 30.3 Å². The Morgan fingerprint density at radius 3 is 2.65 bits per heavy atom. The minimum Gasteiger partial charge on any atom is -0.496 e. The summed E-state index contributed by atoms with van der Waals surface area (Å²) in [5.74, 6) is 0.888. The number of para-hydroxylation sites is 1. The molecule has 0 aliphatic rings. The molecule has 0 saturated heterocycles. The molecular weight excluding hydrogens is 435 g/mol. The summed E-state index contributed by atoms with van der Waals surface area (Å²) in [5.41, 5.74) is 3.20. The van der Waals surface area contributed by atoms with E-state index in [1.54, 1.807) is 43.5 Å². The lowest BCUT2D eigenvalue weighted by Crippen LogP contribution is -2.23. The molecule has 7 heteroatoms. The van der Waals surface area contributed by atoms with Crippen molar-refractivity contribution < 1.29 is 14.3 Å². The number of carbonyl (C=O) groups is 1. The lowest BCUT2D eigenvalue weighted by Gasteiger charge is -2.13. The zero-order valence-corrected chi connectivity index (χ0v) is 18.3. The highest BCUT2D eigenvalue weighted by molar-refractivity contribution is 6.42. The Bertz CT molecular complexity index is 1200. The van der Waals surface area contributed by atoms with Gasteiger partial charge >= 0.3 is 0 Å². The van der Waals surface area contributed by atoms with Crippen molar-refractivity contribution >= 4 is 40.0 Å². The summed E-state index contributed by atoms with van der Waals surface area (Å²) in [6.07, 6.45) is 0. The van der Waals surface area contributed by atoms with Gasteiger partial charge in [-0.25, -0.2) is 0 Å². The van der Waals surface area contributed by atoms with E-state index in [4.69, 9.17) is 32.7 Å². The monoisotopic (exact) mass is 454 g/mol. The van der Waals surface area contributed by atoms with Gasteiger partial charge in [0, 0.05) is 22.3 Å². The molecule has 0 radical (unpaired) electrons. The summed E-state index contributed by atoms with van der Waals surface area (Å²) in [6.45, 7) is 0.565. The number of rotatable bonds is 7. The number of nitrogens with one attached hydrogen (secondary N) is 2. The van der Waals surface area contributed by atoms with Gasteiger partial charge in [0.25, 0.3) is 5.91 Å². The van der Waals surface area contributed by atoms with Crippen LogP contribution in [-0.2, 0) is 13.2 Å². The van der Waals surface area contributed by atoms with Crippen LogP contribution in [0.5, 0.6) is 11.5 Å². The van der Waals surface area contributed by atoms with E-state index < -0.39 is 0 Å². The molecule has 1 heterocycles. The molecule has 1 aromatic heterocycles. The fourth-order valence-electron chi connectivity index (χ4n) is 3.29. The van der Waals surface area contributed by atoms with Crippen molar-refractivity contribution in [1.82, 2.24) is 10.3 Å². The maximum atomic E-state index is 12.7. The molecule has 4 rings (SSSR count). The minimum atomic E-state index is -0.191. The van der Waals surface area contributed by atoms with Gasteiger partial charge in [0.1, 0.15) is 23.1 Å². The molecule has 2 N–H and O–H groups in total. The van der Waals surface area contributed by atoms with E-state index in [-0.39, 0.29) is 12.5 Å². The third-order valence-electron chi connectivity index (χ3n) is 4.87. The van der Waals surface area contributed by atoms with Crippen LogP contribution in [0.25, 0.3) is 10.9 Å². The Labute approximate surface area is 189 Å². The number of aromatic amines is 1. The van der Waals surface area contributed by atoms with Crippen LogP contribution in [0.3, 0.4) is 0 Å². The topological polar surface area (TPSA) is 63.3 Å². The van der Waals surface area contributed by atoms with Gasteiger partial charge in [-0.05, 0) is 47.9 Å². The summed E-state index contributed by atoms with van der Waals surface area (Å²) in [5, 5.41) is 4.80. The van der Waals surface area contributed by atoms with Crippen LogP contribution in [-0.4, -0.2) is 18.0 Å². The van der Waals surface area contributed by atoms with Gasteiger partial charge in [-0.2, -0.15) is 0 Å². The molecule has 5 nitrogen and oxygen atoms in total. The second kappa shape index (κ2) is 9.33. The van der Waals surface area contributed by atoms with Crippen LogP contribution < -0.4 is 14.8 Å². The average Bonchev–Trinajstić information content (AvgIpc) is 3.21. The molecule has 4 aromatic rings. The third-order valence-corrected chi connectivity index (χ3v) is 5.67. The molecule has 3 aromatic carbocycles. The van der Waals surface area contributed by atoms with Crippen LogP contribution >= 0.6 is 23.2 Å². The Morgan fingerprint density at radius 1 is 1.00 bits per heavy atom. The number of ether oxygens (including phenoxy) is 2. The third kappa shape index (κ3) is 4.79. The second-order valence-corrected chi connectivity index (χ2v) is 7.72. The van der Waals surface area contributed by atoms with E-state index in [1.165, 1.54) is 0 Å². The summed E-state index contributed by atoms with van der Waals surface area (Å²) >= 11 is 12.2. The van der Waals surface area contributed by atoms with Crippen molar-refractivity contribution in [2.75, 3.05) is 7.11 Å². The van der Waals surface area contributed by atoms with Gasteiger partial charge in [0.05, 0.1) is 18.7 Å². The van der Waals surface area contributed by atoms with E-state index in [0.29, 0.717) is 33.7 Å². The van der Waals surface area contributed by atoms with Gasteiger partial charge in [0.2, 0.25) is 0 Å². The van der Waals surface area contributed by atoms with Crippen molar-refractivity contribution in [3.05, 3.63) is 93.6 Å². The standard InChI is InChI=1S/C24H20Cl2N2O3/c1-30-21-10-9-16(11-17(21)14-31-22-8-4-6-19(25)23(22)26)24(29)27-13-18-12-15-5-2-3-7-20(15)28-18/h2-12,28H,13-14H2,1H3,(H,27,29). The lowest BCUT2D eigenvalue weighted by molar-refractivity contribution is 0.0950. The number of methoxy groups -OCH3 is 1. The number of halogens is 2. The smallest absolute Gasteiger partial charge is 0.251 e. The van der Waals surface area contributed by atoms with Gasteiger partial charge in [-0.15, -0.1) is 0 Å². The van der Waals surface area contributed by atoms with Gasteiger partial charge in [-0.1, -0.05) is 47.5 Å². The second-order valence-electron chi connectivity index (χ2n) is 6.93. The number of benzene rings is 3. The predicted molar refractivity (Wildman–Crippen MR) is 123 cm³/mol. The van der Waals surface area contributed by atoms with E-state index in [2.05, 4.69) is 10.3 Å². The van der Waals surface area contributed by atoms with Crippen LogP contribution in [0, 0.1) is 0 Å². The largest absolute Gasteiger partial charge is 0.496 e. The van der Waals surface area contributed by atoms with E-state index in [9.17, 15) is 4.79 Å². The Morgan fingerprint density at radius 2 is 1.84 bits per heavy atom. The van der Waals surface area contributed by atoms with E-state index in [0.717, 1.165) is 22.2 Å². The summed E-state index contributed by atoms with van der Waals surface area (Å²) in [4.78, 5) is 16.0. The summed E-state index contributed by atoms with van der Waals surface area (Å²) in [7, 11) is 1.57. The first-order valence-electron chi connectivity index (χ1n) is 9.63. The molecule has 0 unspecified atom stereocenters. The fraction of sp³-hybridized carbons (Fsp3) is 0.125. The van der Waals surface area contributed by atoms with Gasteiger partial charge < -0.3 is 19.8 Å². The number of fused-ring (bicyclic) bond motifs is 1. The molecule has 0 bridgehead atoms. The molecular formula is C24H20Cl2N2O3. The van der Waals surface area contributed by atoms with Gasteiger partial charge in [-0.3, -0.25) is 4.79 Å². The molecule has 31 heavy (non-hydrogen) atoms.